The van der Waals surface area contributed by atoms with Crippen molar-refractivity contribution < 1.29 is 22.7 Å². The molecule has 0 spiro atoms. The van der Waals surface area contributed by atoms with Gasteiger partial charge in [-0.05, 0) is 61.2 Å². The Morgan fingerprint density at radius 2 is 1.80 bits per heavy atom. The van der Waals surface area contributed by atoms with Gasteiger partial charge in [-0.15, -0.1) is 0 Å². The monoisotopic (exact) mass is 367 g/mol. The Balaban J connectivity index is 2.04. The summed E-state index contributed by atoms with van der Waals surface area (Å²) in [4.78, 5) is 0.182. The summed E-state index contributed by atoms with van der Waals surface area (Å²) in [7, 11) is -2.17. The molecule has 0 saturated carbocycles. The van der Waals surface area contributed by atoms with Crippen molar-refractivity contribution in [2.24, 2.45) is 0 Å². The number of aliphatic hydroxyl groups is 1. The maximum absolute atomic E-state index is 12.9. The van der Waals surface area contributed by atoms with Crippen molar-refractivity contribution in [2.75, 3.05) is 13.7 Å². The molecule has 1 unspecified atom stereocenters. The van der Waals surface area contributed by atoms with E-state index < -0.39 is 16.1 Å². The van der Waals surface area contributed by atoms with Crippen molar-refractivity contribution in [1.82, 2.24) is 4.72 Å². The van der Waals surface area contributed by atoms with E-state index in [1.807, 2.05) is 0 Å². The van der Waals surface area contributed by atoms with E-state index in [9.17, 15) is 17.9 Å². The molecule has 2 aromatic rings. The minimum atomic E-state index is -3.70. The maximum Gasteiger partial charge on any atom is 0.240 e. The highest BCUT2D eigenvalue weighted by molar-refractivity contribution is 7.89. The zero-order valence-corrected chi connectivity index (χ0v) is 15.2. The van der Waals surface area contributed by atoms with E-state index in [2.05, 4.69) is 4.72 Å². The highest BCUT2D eigenvalue weighted by Gasteiger charge is 2.19. The molecule has 0 aliphatic heterocycles. The Hall–Kier alpha value is -1.96. The minimum absolute atomic E-state index is 0.0609. The average molecular weight is 367 g/mol. The Bertz CT molecular complexity index is 835. The average Bonchev–Trinajstić information content (AvgIpc) is 2.56. The third-order valence-electron chi connectivity index (χ3n) is 3.95. The molecule has 7 heteroatoms. The van der Waals surface area contributed by atoms with Crippen LogP contribution >= 0.6 is 0 Å². The molecule has 0 saturated heterocycles. The van der Waals surface area contributed by atoms with Crippen LogP contribution in [0.3, 0.4) is 0 Å². The molecule has 0 bridgehead atoms. The number of aryl methyl sites for hydroxylation is 2. The number of hydrogen-bond donors (Lipinski definition) is 2. The lowest BCUT2D eigenvalue weighted by Gasteiger charge is -2.14. The molecule has 0 aromatic heterocycles. The van der Waals surface area contributed by atoms with Crippen LogP contribution in [0.1, 0.15) is 29.2 Å². The molecule has 25 heavy (non-hydrogen) atoms. The van der Waals surface area contributed by atoms with Crippen LogP contribution in [0.4, 0.5) is 4.39 Å². The molecule has 136 valence electrons. The summed E-state index contributed by atoms with van der Waals surface area (Å²) in [5, 5.41) is 10.1. The summed E-state index contributed by atoms with van der Waals surface area (Å²) in [5.41, 5.74) is 1.84. The topological polar surface area (TPSA) is 75.6 Å². The number of hydrogen-bond acceptors (Lipinski definition) is 4. The lowest BCUT2D eigenvalue weighted by atomic mass is 10.1. The van der Waals surface area contributed by atoms with E-state index in [4.69, 9.17) is 4.74 Å². The van der Waals surface area contributed by atoms with Gasteiger partial charge in [0.1, 0.15) is 11.6 Å². The van der Waals surface area contributed by atoms with Gasteiger partial charge in [0.25, 0.3) is 0 Å². The second-order valence-corrected chi connectivity index (χ2v) is 7.58. The minimum Gasteiger partial charge on any atom is -0.496 e. The first-order valence-corrected chi connectivity index (χ1v) is 9.31. The number of sulfonamides is 1. The fourth-order valence-electron chi connectivity index (χ4n) is 2.53. The zero-order chi connectivity index (χ0) is 18.6. The van der Waals surface area contributed by atoms with Crippen molar-refractivity contribution in [3.8, 4) is 5.75 Å². The molecular formula is C18H22FNO4S. The first-order chi connectivity index (χ1) is 11.7. The van der Waals surface area contributed by atoms with Crippen LogP contribution in [0.5, 0.6) is 5.75 Å². The van der Waals surface area contributed by atoms with E-state index in [0.717, 1.165) is 5.56 Å². The molecule has 1 atom stereocenters. The number of halogens is 1. The summed E-state index contributed by atoms with van der Waals surface area (Å²) >= 11 is 0. The number of aliphatic hydroxyl groups excluding tert-OH is 1. The van der Waals surface area contributed by atoms with Crippen LogP contribution in [-0.2, 0) is 10.0 Å². The number of rotatable bonds is 7. The summed E-state index contributed by atoms with van der Waals surface area (Å²) < 4.78 is 45.5. The molecule has 0 amide bonds. The smallest absolute Gasteiger partial charge is 0.240 e. The lowest BCUT2D eigenvalue weighted by molar-refractivity contribution is 0.169. The van der Waals surface area contributed by atoms with Gasteiger partial charge in [0.2, 0.25) is 10.0 Å². The van der Waals surface area contributed by atoms with E-state index >= 15 is 0 Å². The van der Waals surface area contributed by atoms with Crippen molar-refractivity contribution in [3.63, 3.8) is 0 Å². The molecule has 2 N–H and O–H groups in total. The van der Waals surface area contributed by atoms with Crippen molar-refractivity contribution in [1.29, 1.82) is 0 Å². The number of methoxy groups -OCH3 is 1. The van der Waals surface area contributed by atoms with Gasteiger partial charge in [-0.3, -0.25) is 0 Å². The molecule has 2 aromatic carbocycles. The maximum atomic E-state index is 12.9. The van der Waals surface area contributed by atoms with Crippen molar-refractivity contribution >= 4 is 10.0 Å². The fourth-order valence-corrected chi connectivity index (χ4v) is 3.89. The zero-order valence-electron chi connectivity index (χ0n) is 14.4. The molecule has 2 rings (SSSR count). The quantitative estimate of drug-likeness (QED) is 0.789. The number of nitrogens with one attached hydrogen (secondary N) is 1. The highest BCUT2D eigenvalue weighted by Crippen LogP contribution is 2.25. The largest absolute Gasteiger partial charge is 0.496 e. The molecule has 0 aliphatic rings. The van der Waals surface area contributed by atoms with Crippen molar-refractivity contribution in [3.05, 3.63) is 58.9 Å². The Morgan fingerprint density at radius 1 is 1.16 bits per heavy atom. The predicted molar refractivity (Wildman–Crippen MR) is 93.6 cm³/mol. The van der Waals surface area contributed by atoms with Crippen LogP contribution in [0.25, 0.3) is 0 Å². The van der Waals surface area contributed by atoms with Crippen LogP contribution < -0.4 is 9.46 Å². The molecule has 0 aliphatic carbocycles. The van der Waals surface area contributed by atoms with Crippen LogP contribution in [0.2, 0.25) is 0 Å². The molecule has 5 nitrogen and oxygen atoms in total. The fraction of sp³-hybridized carbons (Fsp3) is 0.333. The van der Waals surface area contributed by atoms with E-state index in [1.165, 1.54) is 31.4 Å². The Morgan fingerprint density at radius 3 is 2.40 bits per heavy atom. The molecular weight excluding hydrogens is 345 g/mol. The summed E-state index contributed by atoms with van der Waals surface area (Å²) in [6.07, 6.45) is -0.694. The van der Waals surface area contributed by atoms with E-state index in [-0.39, 0.29) is 23.7 Å². The van der Waals surface area contributed by atoms with Crippen LogP contribution in [-0.4, -0.2) is 27.2 Å². The van der Waals surface area contributed by atoms with Crippen molar-refractivity contribution in [2.45, 2.75) is 31.3 Å². The third-order valence-corrected chi connectivity index (χ3v) is 5.55. The van der Waals surface area contributed by atoms with Crippen LogP contribution in [0, 0.1) is 19.7 Å². The highest BCUT2D eigenvalue weighted by atomic mass is 32.2. The van der Waals surface area contributed by atoms with Gasteiger partial charge in [0, 0.05) is 6.54 Å². The first-order valence-electron chi connectivity index (χ1n) is 7.83. The Labute approximate surface area is 147 Å². The molecule has 0 fully saturated rings. The van der Waals surface area contributed by atoms with Gasteiger partial charge in [-0.1, -0.05) is 12.1 Å². The van der Waals surface area contributed by atoms with Gasteiger partial charge in [0.05, 0.1) is 18.1 Å². The van der Waals surface area contributed by atoms with Gasteiger partial charge >= 0.3 is 0 Å². The van der Waals surface area contributed by atoms with Gasteiger partial charge in [-0.25, -0.2) is 17.5 Å². The Kier molecular flexibility index (Phi) is 6.16. The number of ether oxygens (including phenoxy) is 1. The van der Waals surface area contributed by atoms with Gasteiger partial charge < -0.3 is 9.84 Å². The first kappa shape index (κ1) is 19.4. The van der Waals surface area contributed by atoms with Gasteiger partial charge in [0.15, 0.2) is 0 Å². The molecule has 0 radical (unpaired) electrons. The number of benzene rings is 2. The predicted octanol–water partition coefficient (Wildman–Crippen LogP) is 2.85. The lowest BCUT2D eigenvalue weighted by Crippen LogP contribution is -2.26. The standard InChI is InChI=1S/C18H22FNO4S/c1-12-11-18(13(2)10-17(12)24-3)25(22,23)20-9-8-16(21)14-4-6-15(19)7-5-14/h4-7,10-11,16,20-21H,8-9H2,1-3H3. The second kappa shape index (κ2) is 7.95. The third kappa shape index (κ3) is 4.78. The summed E-state index contributed by atoms with van der Waals surface area (Å²) in [5.74, 6) is 0.241. The summed E-state index contributed by atoms with van der Waals surface area (Å²) in [6.45, 7) is 3.53. The summed E-state index contributed by atoms with van der Waals surface area (Å²) in [6, 6.07) is 8.71. The van der Waals surface area contributed by atoms with E-state index in [0.29, 0.717) is 16.9 Å². The second-order valence-electron chi connectivity index (χ2n) is 5.84. The van der Waals surface area contributed by atoms with E-state index in [1.54, 1.807) is 26.0 Å². The SMILES string of the molecule is COc1cc(C)c(S(=O)(=O)NCCC(O)c2ccc(F)cc2)cc1C. The normalized spacial score (nSPS) is 12.8. The van der Waals surface area contributed by atoms with Crippen LogP contribution in [0.15, 0.2) is 41.3 Å². The molecule has 0 heterocycles. The van der Waals surface area contributed by atoms with Gasteiger partial charge in [-0.2, -0.15) is 0 Å².